The molecule has 0 aromatic heterocycles. The molecule has 1 spiro atoms. The molecule has 9 rings (SSSR count). The van der Waals surface area contributed by atoms with Crippen molar-refractivity contribution in [1.82, 2.24) is 0 Å². The summed E-state index contributed by atoms with van der Waals surface area (Å²) in [5.41, 5.74) is 12.5. The highest BCUT2D eigenvalue weighted by Crippen LogP contribution is 2.51. The number of rotatable bonds is 9. The number of guanidine groups is 1. The molecule has 322 valence electrons. The molecule has 5 aliphatic rings. The number of phenolic OH excluding ortho intramolecular Hbond substituents is 1. The van der Waals surface area contributed by atoms with Gasteiger partial charge in [-0.3, -0.25) is 9.79 Å². The molecule has 1 saturated carbocycles. The number of fused-ring (bicyclic) bond motifs is 8. The van der Waals surface area contributed by atoms with Crippen LogP contribution in [0.5, 0.6) is 17.2 Å². The molecule has 9 nitrogen and oxygen atoms in total. The molecule has 0 radical (unpaired) electrons. The van der Waals surface area contributed by atoms with Crippen LogP contribution in [0.4, 0.5) is 5.69 Å². The number of ketones is 1. The van der Waals surface area contributed by atoms with E-state index in [0.717, 1.165) is 95.6 Å². The van der Waals surface area contributed by atoms with Gasteiger partial charge in [-0.25, -0.2) is 0 Å². The molecular formula is C53H59N3O6. The molecule has 1 fully saturated rings. The lowest BCUT2D eigenvalue weighted by molar-refractivity contribution is -0.121. The molecule has 2 heterocycles. The summed E-state index contributed by atoms with van der Waals surface area (Å²) in [6.07, 6.45) is 21.9. The van der Waals surface area contributed by atoms with E-state index in [-0.39, 0.29) is 41.5 Å². The fraction of sp³-hybridized carbons (Fsp3) is 0.396. The smallest absolute Gasteiger partial charge is 0.192 e. The summed E-state index contributed by atoms with van der Waals surface area (Å²) in [5, 5.41) is 27.9. The minimum absolute atomic E-state index is 0.0412. The molecule has 6 bridgehead atoms. The molecule has 0 amide bonds. The van der Waals surface area contributed by atoms with Gasteiger partial charge >= 0.3 is 0 Å². The number of hydrogen-bond acceptors (Lipinski definition) is 7. The number of aliphatic hydroxyl groups excluding tert-OH is 1. The monoisotopic (exact) mass is 833 g/mol. The normalized spacial score (nSPS) is 22.0. The van der Waals surface area contributed by atoms with Gasteiger partial charge < -0.3 is 35.5 Å². The number of ether oxygens (including phenoxy) is 3. The van der Waals surface area contributed by atoms with E-state index in [0.29, 0.717) is 43.3 Å². The fourth-order valence-electron chi connectivity index (χ4n) is 10.1. The van der Waals surface area contributed by atoms with E-state index in [9.17, 15) is 15.0 Å². The van der Waals surface area contributed by atoms with Crippen molar-refractivity contribution in [3.63, 3.8) is 0 Å². The SMILES string of the molecule is CN=C(N)Nc1cccc(CCCC[C@H]2C=CC(O)=C[C@@H]2C[C@H]2CC(=O)CCc3ccc(OC)c(c3)OCc3ccc4c(c(O)cc5c4c3C=C[C@@H]5C)C3(C#CO2)CCCC3)c1. The highest BCUT2D eigenvalue weighted by atomic mass is 16.5. The molecule has 4 atom stereocenters. The van der Waals surface area contributed by atoms with Crippen LogP contribution in [0.15, 0.2) is 95.7 Å². The minimum atomic E-state index is -0.619. The van der Waals surface area contributed by atoms with Gasteiger partial charge in [-0.2, -0.15) is 0 Å². The molecular weight excluding hydrogens is 775 g/mol. The second-order valence-corrected chi connectivity index (χ2v) is 17.5. The Labute approximate surface area is 365 Å². The van der Waals surface area contributed by atoms with Crippen LogP contribution in [-0.4, -0.2) is 42.2 Å². The van der Waals surface area contributed by atoms with E-state index in [1.807, 2.05) is 42.5 Å². The van der Waals surface area contributed by atoms with Crippen LogP contribution < -0.4 is 20.5 Å². The van der Waals surface area contributed by atoms with Gasteiger partial charge in [0.25, 0.3) is 0 Å². The zero-order valence-corrected chi connectivity index (χ0v) is 36.2. The molecule has 0 unspecified atom stereocenters. The molecule has 9 heteroatoms. The Balaban J connectivity index is 1.09. The Morgan fingerprint density at radius 3 is 2.69 bits per heavy atom. The second-order valence-electron chi connectivity index (χ2n) is 17.5. The zero-order chi connectivity index (χ0) is 43.2. The summed E-state index contributed by atoms with van der Waals surface area (Å²) in [5.74, 6) is 6.04. The molecule has 4 aromatic rings. The number of Topliss-reactive ketones (excluding diaryl/α,β-unsaturated/α-hetero) is 1. The Hall–Kier alpha value is -6.14. The molecule has 5 N–H and O–H groups in total. The van der Waals surface area contributed by atoms with Crippen LogP contribution >= 0.6 is 0 Å². The van der Waals surface area contributed by atoms with Gasteiger partial charge in [0.05, 0.1) is 12.5 Å². The molecule has 4 aromatic carbocycles. The van der Waals surface area contributed by atoms with Crippen molar-refractivity contribution in [1.29, 1.82) is 0 Å². The third-order valence-electron chi connectivity index (χ3n) is 13.4. The Bertz CT molecular complexity index is 2500. The Morgan fingerprint density at radius 2 is 1.87 bits per heavy atom. The highest BCUT2D eigenvalue weighted by Gasteiger charge is 2.39. The molecule has 2 aliphatic heterocycles. The van der Waals surface area contributed by atoms with Crippen LogP contribution in [0.2, 0.25) is 0 Å². The van der Waals surface area contributed by atoms with Crippen molar-refractivity contribution in [3.05, 3.63) is 124 Å². The summed E-state index contributed by atoms with van der Waals surface area (Å²) in [6, 6.07) is 20.3. The average Bonchev–Trinajstić information content (AvgIpc) is 3.74. The maximum Gasteiger partial charge on any atom is 0.192 e. The quantitative estimate of drug-likeness (QED) is 0.0567. The standard InChI is InChI=1S/C53H59N3O6/c1-34-13-20-44-38-17-21-45-50(44)46(34)32-47(59)51(45)53(23-6-7-24-53)25-26-61-43(31-42(58)18-14-36-15-22-48(60-3)49(28-36)62-33-38)30-39-29-41(57)19-16-37(39)11-5-4-9-35-10-8-12-40(27-35)56-52(54)55-2/h8,10,12-13,15-17,19-22,27-29,32,34,37,39,43,57,59H,4-7,9,11,14,18,23-24,30-31,33H2,1-3H3,(H3,54,55,56)/t34-,37-,39+,43-/m0/s1. The summed E-state index contributed by atoms with van der Waals surface area (Å²) in [4.78, 5) is 17.9. The van der Waals surface area contributed by atoms with Crippen molar-refractivity contribution < 1.29 is 29.2 Å². The minimum Gasteiger partial charge on any atom is -0.508 e. The number of aryl methyl sites for hydroxylation is 2. The van der Waals surface area contributed by atoms with E-state index in [1.54, 1.807) is 20.2 Å². The summed E-state index contributed by atoms with van der Waals surface area (Å²) >= 11 is 0. The predicted molar refractivity (Wildman–Crippen MR) is 248 cm³/mol. The topological polar surface area (TPSA) is 136 Å². The number of carbonyl (C=O) groups is 1. The maximum atomic E-state index is 13.9. The van der Waals surface area contributed by atoms with Crippen LogP contribution in [0, 0.1) is 23.9 Å². The van der Waals surface area contributed by atoms with Gasteiger partial charge in [0.1, 0.15) is 36.1 Å². The van der Waals surface area contributed by atoms with Gasteiger partial charge in [-0.05, 0) is 144 Å². The first-order valence-corrected chi connectivity index (χ1v) is 22.3. The van der Waals surface area contributed by atoms with Gasteiger partial charge in [0, 0.05) is 37.1 Å². The summed E-state index contributed by atoms with van der Waals surface area (Å²) in [6.45, 7) is 2.49. The van der Waals surface area contributed by atoms with Gasteiger partial charge in [-0.15, -0.1) is 0 Å². The lowest BCUT2D eigenvalue weighted by atomic mass is 9.73. The van der Waals surface area contributed by atoms with Crippen molar-refractivity contribution in [3.8, 4) is 29.3 Å². The van der Waals surface area contributed by atoms with E-state index >= 15 is 0 Å². The van der Waals surface area contributed by atoms with E-state index < -0.39 is 11.5 Å². The number of aliphatic hydroxyl groups is 1. The van der Waals surface area contributed by atoms with Gasteiger partial charge in [0.15, 0.2) is 17.5 Å². The number of anilines is 1. The highest BCUT2D eigenvalue weighted by molar-refractivity contribution is 6.01. The fourth-order valence-corrected chi connectivity index (χ4v) is 10.1. The number of benzene rings is 4. The number of phenols is 1. The first-order chi connectivity index (χ1) is 30.1. The van der Waals surface area contributed by atoms with Crippen LogP contribution in [0.1, 0.15) is 110 Å². The molecule has 62 heavy (non-hydrogen) atoms. The average molecular weight is 834 g/mol. The van der Waals surface area contributed by atoms with Crippen LogP contribution in [-0.2, 0) is 34.4 Å². The van der Waals surface area contributed by atoms with Crippen molar-refractivity contribution in [2.45, 2.75) is 108 Å². The number of carbonyl (C=O) groups excluding carboxylic acids is 1. The molecule has 0 saturated heterocycles. The number of aliphatic imine (C=N–C) groups is 1. The number of nitrogens with one attached hydrogen (secondary N) is 1. The number of nitrogens with zero attached hydrogens (tertiary/aromatic N) is 1. The number of unbranched alkanes of at least 4 members (excludes halogenated alkanes) is 1. The number of nitrogens with two attached hydrogens (primary N) is 1. The number of allylic oxidation sites excluding steroid dienone is 4. The molecule has 3 aliphatic carbocycles. The Kier molecular flexibility index (Phi) is 12.9. The van der Waals surface area contributed by atoms with Crippen molar-refractivity contribution in [2.24, 2.45) is 22.6 Å². The third-order valence-corrected chi connectivity index (χ3v) is 13.4. The largest absolute Gasteiger partial charge is 0.508 e. The summed E-state index contributed by atoms with van der Waals surface area (Å²) in [7, 11) is 3.30. The van der Waals surface area contributed by atoms with Crippen LogP contribution in [0.3, 0.4) is 0 Å². The lowest BCUT2D eigenvalue weighted by Gasteiger charge is -2.30. The zero-order valence-electron chi connectivity index (χ0n) is 36.2. The van der Waals surface area contributed by atoms with Gasteiger partial charge in [0.2, 0.25) is 0 Å². The first-order valence-electron chi connectivity index (χ1n) is 22.3. The van der Waals surface area contributed by atoms with E-state index in [1.165, 1.54) is 5.56 Å². The van der Waals surface area contributed by atoms with E-state index in [4.69, 9.17) is 19.9 Å². The number of aromatic hydroxyl groups is 1. The lowest BCUT2D eigenvalue weighted by Crippen LogP contribution is -2.25. The first kappa shape index (κ1) is 42.5. The van der Waals surface area contributed by atoms with Crippen molar-refractivity contribution in [2.75, 3.05) is 19.5 Å². The summed E-state index contributed by atoms with van der Waals surface area (Å²) < 4.78 is 18.8. The second kappa shape index (κ2) is 18.9. The van der Waals surface area contributed by atoms with Gasteiger partial charge in [-0.1, -0.05) is 74.7 Å². The number of methoxy groups -OCH3 is 1. The number of hydrogen-bond donors (Lipinski definition) is 4. The predicted octanol–water partition coefficient (Wildman–Crippen LogP) is 10.7. The van der Waals surface area contributed by atoms with Crippen LogP contribution in [0.25, 0.3) is 16.8 Å². The maximum absolute atomic E-state index is 13.9. The van der Waals surface area contributed by atoms with E-state index in [2.05, 4.69) is 71.8 Å². The van der Waals surface area contributed by atoms with Crippen molar-refractivity contribution >= 4 is 34.3 Å². The Morgan fingerprint density at radius 1 is 1.02 bits per heavy atom. The third kappa shape index (κ3) is 9.35.